The molecule has 2 aromatic rings. The molecular weight excluding hydrogens is 487 g/mol. The molecule has 0 saturated carbocycles. The molecule has 1 aliphatic rings. The van der Waals surface area contributed by atoms with E-state index in [4.69, 9.17) is 4.99 Å². The third-order valence-electron chi connectivity index (χ3n) is 5.37. The van der Waals surface area contributed by atoms with E-state index in [1.54, 1.807) is 4.90 Å². The molecule has 1 saturated heterocycles. The van der Waals surface area contributed by atoms with Gasteiger partial charge in [-0.3, -0.25) is 9.79 Å². The maximum absolute atomic E-state index is 12.5. The van der Waals surface area contributed by atoms with Crippen LogP contribution in [0.2, 0.25) is 0 Å². The highest BCUT2D eigenvalue weighted by Gasteiger charge is 2.25. The summed E-state index contributed by atoms with van der Waals surface area (Å²) in [5.41, 5.74) is 2.53. The molecule has 6 heteroatoms. The molecule has 30 heavy (non-hydrogen) atoms. The number of carbonyl (C=O) groups is 1. The molecule has 1 amide bonds. The lowest BCUT2D eigenvalue weighted by Gasteiger charge is -2.22. The zero-order valence-corrected chi connectivity index (χ0v) is 20.3. The molecule has 0 aromatic heterocycles. The smallest absolute Gasteiger partial charge is 0.224 e. The number of carbonyl (C=O) groups excluding carboxylic acids is 1. The second-order valence-corrected chi connectivity index (χ2v) is 7.56. The lowest BCUT2D eigenvalue weighted by molar-refractivity contribution is -0.130. The first-order chi connectivity index (χ1) is 14.2. The van der Waals surface area contributed by atoms with Gasteiger partial charge in [0.2, 0.25) is 5.91 Å². The van der Waals surface area contributed by atoms with Crippen LogP contribution in [0.5, 0.6) is 0 Å². The average Bonchev–Trinajstić information content (AvgIpc) is 3.24. The fourth-order valence-electron chi connectivity index (χ4n) is 3.77. The van der Waals surface area contributed by atoms with Crippen molar-refractivity contribution in [3.05, 3.63) is 71.8 Å². The molecule has 2 aromatic carbocycles. The van der Waals surface area contributed by atoms with Crippen molar-refractivity contribution in [3.8, 4) is 0 Å². The summed E-state index contributed by atoms with van der Waals surface area (Å²) in [7, 11) is 1.86. The number of halogens is 1. The van der Waals surface area contributed by atoms with E-state index in [0.717, 1.165) is 37.6 Å². The summed E-state index contributed by atoms with van der Waals surface area (Å²) in [5, 5.41) is 3.39. The second-order valence-electron chi connectivity index (χ2n) is 7.56. The van der Waals surface area contributed by atoms with Gasteiger partial charge >= 0.3 is 0 Å². The van der Waals surface area contributed by atoms with Crippen molar-refractivity contribution < 1.29 is 4.79 Å². The number of nitrogens with zero attached hydrogens (tertiary/aromatic N) is 3. The Morgan fingerprint density at radius 1 is 1.13 bits per heavy atom. The third kappa shape index (κ3) is 7.00. The van der Waals surface area contributed by atoms with Crippen molar-refractivity contribution in [2.75, 3.05) is 33.2 Å². The van der Waals surface area contributed by atoms with E-state index in [9.17, 15) is 4.79 Å². The highest BCUT2D eigenvalue weighted by atomic mass is 127. The Labute approximate surface area is 197 Å². The van der Waals surface area contributed by atoms with Gasteiger partial charge < -0.3 is 15.1 Å². The molecule has 5 nitrogen and oxygen atoms in total. The molecule has 1 heterocycles. The first kappa shape index (κ1) is 24.2. The number of aliphatic imine (C=N–C) groups is 1. The van der Waals surface area contributed by atoms with Gasteiger partial charge in [-0.1, -0.05) is 60.7 Å². The van der Waals surface area contributed by atoms with Crippen LogP contribution in [0.15, 0.2) is 65.7 Å². The van der Waals surface area contributed by atoms with Gasteiger partial charge in [0.15, 0.2) is 5.96 Å². The summed E-state index contributed by atoms with van der Waals surface area (Å²) in [6.45, 7) is 6.01. The minimum absolute atomic E-state index is 0. The number of hydrogen-bond acceptors (Lipinski definition) is 2. The Balaban J connectivity index is 0.00000320. The van der Waals surface area contributed by atoms with Crippen LogP contribution in [0.3, 0.4) is 0 Å². The van der Waals surface area contributed by atoms with E-state index >= 15 is 0 Å². The van der Waals surface area contributed by atoms with Gasteiger partial charge in [-0.05, 0) is 24.5 Å². The SMILES string of the molecule is CCNC(=NCCC(=O)N(C)Cc1ccccc1)N1CCC(c2ccccc2)C1.I. The zero-order chi connectivity index (χ0) is 20.5. The molecule has 0 aliphatic carbocycles. The highest BCUT2D eigenvalue weighted by molar-refractivity contribution is 14.0. The summed E-state index contributed by atoms with van der Waals surface area (Å²) >= 11 is 0. The number of guanidine groups is 1. The van der Waals surface area contributed by atoms with E-state index in [1.807, 2.05) is 37.4 Å². The fourth-order valence-corrected chi connectivity index (χ4v) is 3.77. The van der Waals surface area contributed by atoms with Gasteiger partial charge in [0, 0.05) is 45.6 Å². The van der Waals surface area contributed by atoms with E-state index in [2.05, 4.69) is 47.5 Å². The van der Waals surface area contributed by atoms with Crippen LogP contribution in [0, 0.1) is 0 Å². The minimum Gasteiger partial charge on any atom is -0.357 e. The highest BCUT2D eigenvalue weighted by Crippen LogP contribution is 2.26. The van der Waals surface area contributed by atoms with Crippen LogP contribution in [0.25, 0.3) is 0 Å². The predicted molar refractivity (Wildman–Crippen MR) is 134 cm³/mol. The van der Waals surface area contributed by atoms with Crippen LogP contribution >= 0.6 is 24.0 Å². The Hall–Kier alpha value is -2.09. The van der Waals surface area contributed by atoms with Crippen LogP contribution in [-0.2, 0) is 11.3 Å². The summed E-state index contributed by atoms with van der Waals surface area (Å²) in [6.07, 6.45) is 1.56. The molecule has 0 radical (unpaired) electrons. The van der Waals surface area contributed by atoms with Crippen LogP contribution in [0.4, 0.5) is 0 Å². The quantitative estimate of drug-likeness (QED) is 0.340. The van der Waals surface area contributed by atoms with E-state index in [0.29, 0.717) is 25.4 Å². The van der Waals surface area contributed by atoms with Crippen LogP contribution in [-0.4, -0.2) is 54.9 Å². The number of hydrogen-bond donors (Lipinski definition) is 1. The first-order valence-corrected chi connectivity index (χ1v) is 10.5. The standard InChI is InChI=1S/C24H32N4O.HI/c1-3-25-24(28-17-15-22(19-28)21-12-8-5-9-13-21)26-16-14-23(29)27(2)18-20-10-6-4-7-11-20;/h4-13,22H,3,14-19H2,1-2H3,(H,25,26);1H. The monoisotopic (exact) mass is 520 g/mol. The summed E-state index contributed by atoms with van der Waals surface area (Å²) in [5.74, 6) is 1.58. The predicted octanol–water partition coefficient (Wildman–Crippen LogP) is 4.11. The third-order valence-corrected chi connectivity index (χ3v) is 5.37. The van der Waals surface area contributed by atoms with Gasteiger partial charge in [-0.2, -0.15) is 0 Å². The summed E-state index contributed by atoms with van der Waals surface area (Å²) in [6, 6.07) is 20.8. The zero-order valence-electron chi connectivity index (χ0n) is 18.0. The van der Waals surface area contributed by atoms with Gasteiger partial charge in [0.25, 0.3) is 0 Å². The molecule has 0 bridgehead atoms. The summed E-state index contributed by atoms with van der Waals surface area (Å²) < 4.78 is 0. The Morgan fingerprint density at radius 3 is 2.47 bits per heavy atom. The van der Waals surface area contributed by atoms with Gasteiger partial charge in [-0.25, -0.2) is 0 Å². The molecule has 162 valence electrons. The molecule has 3 rings (SSSR count). The molecule has 1 N–H and O–H groups in total. The Bertz CT molecular complexity index is 797. The second kappa shape index (κ2) is 12.6. The number of benzene rings is 2. The maximum atomic E-state index is 12.5. The van der Waals surface area contributed by atoms with E-state index in [-0.39, 0.29) is 29.9 Å². The van der Waals surface area contributed by atoms with Crippen molar-refractivity contribution in [1.82, 2.24) is 15.1 Å². The summed E-state index contributed by atoms with van der Waals surface area (Å²) in [4.78, 5) is 21.3. The Kier molecular flexibility index (Phi) is 10.1. The molecule has 1 aliphatic heterocycles. The van der Waals surface area contributed by atoms with Crippen molar-refractivity contribution in [2.24, 2.45) is 4.99 Å². The largest absolute Gasteiger partial charge is 0.357 e. The minimum atomic E-state index is 0. The van der Waals surface area contributed by atoms with Crippen LogP contribution < -0.4 is 5.32 Å². The van der Waals surface area contributed by atoms with E-state index in [1.165, 1.54) is 5.56 Å². The lowest BCUT2D eigenvalue weighted by atomic mass is 9.99. The molecule has 0 spiro atoms. The molecule has 1 unspecified atom stereocenters. The molecule has 1 atom stereocenters. The van der Waals surface area contributed by atoms with Gasteiger partial charge in [0.1, 0.15) is 0 Å². The molecule has 1 fully saturated rings. The number of rotatable bonds is 7. The maximum Gasteiger partial charge on any atom is 0.224 e. The van der Waals surface area contributed by atoms with Crippen LogP contribution in [0.1, 0.15) is 36.8 Å². The van der Waals surface area contributed by atoms with E-state index < -0.39 is 0 Å². The first-order valence-electron chi connectivity index (χ1n) is 10.5. The van der Waals surface area contributed by atoms with Gasteiger partial charge in [0.05, 0.1) is 6.54 Å². The number of nitrogens with one attached hydrogen (secondary N) is 1. The molecular formula is C24H33IN4O. The lowest BCUT2D eigenvalue weighted by Crippen LogP contribution is -2.40. The van der Waals surface area contributed by atoms with Gasteiger partial charge in [-0.15, -0.1) is 24.0 Å². The average molecular weight is 520 g/mol. The Morgan fingerprint density at radius 2 is 1.80 bits per heavy atom. The van der Waals surface area contributed by atoms with Crippen molar-refractivity contribution in [3.63, 3.8) is 0 Å². The number of amides is 1. The number of likely N-dealkylation sites (tertiary alicyclic amines) is 1. The van der Waals surface area contributed by atoms with Crippen molar-refractivity contribution in [2.45, 2.75) is 32.2 Å². The fraction of sp³-hybridized carbons (Fsp3) is 0.417. The normalized spacial score (nSPS) is 16.1. The van der Waals surface area contributed by atoms with Crippen molar-refractivity contribution in [1.29, 1.82) is 0 Å². The van der Waals surface area contributed by atoms with Crippen molar-refractivity contribution >= 4 is 35.8 Å². The topological polar surface area (TPSA) is 47.9 Å².